The topological polar surface area (TPSA) is 127 Å². The molecule has 0 unspecified atom stereocenters. The van der Waals surface area contributed by atoms with Crippen LogP contribution in [0.4, 0.5) is 0 Å². The molecule has 7 nitrogen and oxygen atoms in total. The van der Waals surface area contributed by atoms with E-state index in [0.29, 0.717) is 13.0 Å². The molecule has 0 aliphatic heterocycles. The smallest absolute Gasteiger partial charge is 0.243 e. The van der Waals surface area contributed by atoms with Crippen molar-refractivity contribution in [2.75, 3.05) is 18.8 Å². The number of amides is 3. The molecule has 0 fully saturated rings. The van der Waals surface area contributed by atoms with Crippen molar-refractivity contribution in [2.45, 2.75) is 30.1 Å². The first-order chi connectivity index (χ1) is 18.0. The summed E-state index contributed by atoms with van der Waals surface area (Å²) < 4.78 is -0.656. The highest BCUT2D eigenvalue weighted by atomic mass is 32.2. The zero-order valence-electron chi connectivity index (χ0n) is 20.8. The molecule has 0 radical (unpaired) electrons. The van der Waals surface area contributed by atoms with Crippen molar-refractivity contribution < 1.29 is 14.4 Å². The Balaban J connectivity index is 1.99. The highest BCUT2D eigenvalue weighted by Crippen LogP contribution is 2.48. The Morgan fingerprint density at radius 2 is 1.27 bits per heavy atom. The minimum absolute atomic E-state index is 0.238. The Hall–Kier alpha value is -3.62. The van der Waals surface area contributed by atoms with Crippen LogP contribution in [0.15, 0.2) is 91.0 Å². The van der Waals surface area contributed by atoms with Crippen molar-refractivity contribution >= 4 is 29.5 Å². The van der Waals surface area contributed by atoms with Gasteiger partial charge in [-0.25, -0.2) is 0 Å². The van der Waals surface area contributed by atoms with E-state index in [4.69, 9.17) is 11.5 Å². The predicted octanol–water partition coefficient (Wildman–Crippen LogP) is 2.93. The molecular formula is C29H34N4O3S. The third-order valence-corrected chi connectivity index (χ3v) is 7.59. The summed E-state index contributed by atoms with van der Waals surface area (Å²) in [5.74, 6) is -1.09. The van der Waals surface area contributed by atoms with E-state index < -0.39 is 22.6 Å². The number of hydrogen-bond acceptors (Lipinski definition) is 5. The minimum Gasteiger partial charge on any atom is -0.368 e. The summed E-state index contributed by atoms with van der Waals surface area (Å²) >= 11 is 1.56. The standard InChI is InChI=1S/C29H34N4O3S/c30-19-11-10-18-27(35)33-25(28(36)32-20-26(31)34)21-37-29(22-12-4-1-5-13-22,23-14-6-2-7-15-23)24-16-8-3-9-17-24/h1-9,12-17,25H,10-11,18-21,30H2,(H2,31,34)(H,32,36)(H,33,35)/t25-/m0/s1. The average molecular weight is 519 g/mol. The van der Waals surface area contributed by atoms with E-state index in [1.165, 1.54) is 0 Å². The van der Waals surface area contributed by atoms with Gasteiger partial charge in [-0.2, -0.15) is 0 Å². The number of carbonyl (C=O) groups is 3. The lowest BCUT2D eigenvalue weighted by Gasteiger charge is -2.36. The van der Waals surface area contributed by atoms with Gasteiger partial charge in [0, 0.05) is 12.2 Å². The van der Waals surface area contributed by atoms with E-state index in [1.807, 2.05) is 54.6 Å². The summed E-state index contributed by atoms with van der Waals surface area (Å²) in [6.45, 7) is 0.198. The fraction of sp³-hybridized carbons (Fsp3) is 0.276. The Kier molecular flexibility index (Phi) is 10.7. The van der Waals surface area contributed by atoms with E-state index in [1.54, 1.807) is 11.8 Å². The number of nitrogens with two attached hydrogens (primary N) is 2. The summed E-state index contributed by atoms with van der Waals surface area (Å²) in [6.07, 6.45) is 1.62. The molecule has 3 amide bonds. The lowest BCUT2D eigenvalue weighted by atomic mass is 9.84. The van der Waals surface area contributed by atoms with Gasteiger partial charge in [0.15, 0.2) is 0 Å². The van der Waals surface area contributed by atoms with E-state index in [9.17, 15) is 14.4 Å². The third-order valence-electron chi connectivity index (χ3n) is 5.95. The molecule has 0 bridgehead atoms. The molecule has 194 valence electrons. The molecule has 6 N–H and O–H groups in total. The first-order valence-corrected chi connectivity index (χ1v) is 13.3. The normalized spacial score (nSPS) is 11.9. The summed E-state index contributed by atoms with van der Waals surface area (Å²) in [5, 5.41) is 5.41. The number of carbonyl (C=O) groups excluding carboxylic acids is 3. The first kappa shape index (κ1) is 28.0. The molecular weight excluding hydrogens is 484 g/mol. The van der Waals surface area contributed by atoms with Crippen molar-refractivity contribution in [3.8, 4) is 0 Å². The van der Waals surface area contributed by atoms with Crippen LogP contribution >= 0.6 is 11.8 Å². The molecule has 0 aromatic heterocycles. The van der Waals surface area contributed by atoms with E-state index in [2.05, 4.69) is 47.0 Å². The van der Waals surface area contributed by atoms with Crippen LogP contribution in [0.1, 0.15) is 36.0 Å². The summed E-state index contributed by atoms with van der Waals surface area (Å²) in [7, 11) is 0. The monoisotopic (exact) mass is 518 g/mol. The molecule has 1 atom stereocenters. The van der Waals surface area contributed by atoms with Crippen LogP contribution in [0.3, 0.4) is 0 Å². The van der Waals surface area contributed by atoms with Crippen molar-refractivity contribution in [3.05, 3.63) is 108 Å². The molecule has 3 rings (SSSR count). The average Bonchev–Trinajstić information content (AvgIpc) is 2.93. The summed E-state index contributed by atoms with van der Waals surface area (Å²) in [5.41, 5.74) is 13.9. The highest BCUT2D eigenvalue weighted by molar-refractivity contribution is 8.00. The zero-order valence-corrected chi connectivity index (χ0v) is 21.6. The predicted molar refractivity (Wildman–Crippen MR) is 149 cm³/mol. The maximum Gasteiger partial charge on any atom is 0.243 e. The van der Waals surface area contributed by atoms with Gasteiger partial charge in [0.05, 0.1) is 11.3 Å². The molecule has 3 aromatic rings. The van der Waals surface area contributed by atoms with Gasteiger partial charge in [0.1, 0.15) is 6.04 Å². The van der Waals surface area contributed by atoms with E-state index >= 15 is 0 Å². The molecule has 37 heavy (non-hydrogen) atoms. The van der Waals surface area contributed by atoms with Crippen LogP contribution < -0.4 is 22.1 Å². The van der Waals surface area contributed by atoms with Crippen LogP contribution in [0.5, 0.6) is 0 Å². The van der Waals surface area contributed by atoms with Crippen LogP contribution in [-0.4, -0.2) is 42.6 Å². The zero-order chi connectivity index (χ0) is 26.5. The number of primary amides is 1. The van der Waals surface area contributed by atoms with Crippen molar-refractivity contribution in [1.82, 2.24) is 10.6 Å². The lowest BCUT2D eigenvalue weighted by Crippen LogP contribution is -2.50. The second kappa shape index (κ2) is 14.2. The van der Waals surface area contributed by atoms with Crippen LogP contribution in [0.25, 0.3) is 0 Å². The van der Waals surface area contributed by atoms with Gasteiger partial charge in [-0.1, -0.05) is 91.0 Å². The molecule has 0 heterocycles. The van der Waals surface area contributed by atoms with Gasteiger partial charge in [-0.15, -0.1) is 11.8 Å². The quantitative estimate of drug-likeness (QED) is 0.193. The van der Waals surface area contributed by atoms with Crippen molar-refractivity contribution in [1.29, 1.82) is 0 Å². The number of rotatable bonds is 14. The fourth-order valence-electron chi connectivity index (χ4n) is 4.15. The van der Waals surface area contributed by atoms with Crippen molar-refractivity contribution in [2.24, 2.45) is 11.5 Å². The lowest BCUT2D eigenvalue weighted by molar-refractivity contribution is -0.129. The number of unbranched alkanes of at least 4 members (excludes halogenated alkanes) is 1. The molecule has 0 aliphatic rings. The van der Waals surface area contributed by atoms with Gasteiger partial charge in [0.2, 0.25) is 17.7 Å². The molecule has 0 saturated heterocycles. The van der Waals surface area contributed by atoms with Crippen LogP contribution in [-0.2, 0) is 19.1 Å². The molecule has 8 heteroatoms. The molecule has 0 aliphatic carbocycles. The molecule has 0 spiro atoms. The Bertz CT molecular complexity index is 1050. The van der Waals surface area contributed by atoms with E-state index in [0.717, 1.165) is 23.1 Å². The van der Waals surface area contributed by atoms with Crippen molar-refractivity contribution in [3.63, 3.8) is 0 Å². The van der Waals surface area contributed by atoms with Crippen LogP contribution in [0.2, 0.25) is 0 Å². The first-order valence-electron chi connectivity index (χ1n) is 12.3. The Labute approximate surface area is 222 Å². The summed E-state index contributed by atoms with van der Waals surface area (Å²) in [4.78, 5) is 37.0. The summed E-state index contributed by atoms with van der Waals surface area (Å²) in [6, 6.07) is 29.4. The number of benzene rings is 3. The maximum atomic E-state index is 13.1. The fourth-order valence-corrected chi connectivity index (χ4v) is 5.71. The molecule has 3 aromatic carbocycles. The number of thioether (sulfide) groups is 1. The number of nitrogens with one attached hydrogen (secondary N) is 2. The largest absolute Gasteiger partial charge is 0.368 e. The van der Waals surface area contributed by atoms with Gasteiger partial charge >= 0.3 is 0 Å². The maximum absolute atomic E-state index is 13.1. The Morgan fingerprint density at radius 3 is 1.70 bits per heavy atom. The third kappa shape index (κ3) is 7.68. The van der Waals surface area contributed by atoms with Gasteiger partial charge in [-0.3, -0.25) is 14.4 Å². The van der Waals surface area contributed by atoms with Gasteiger partial charge < -0.3 is 22.1 Å². The number of hydrogen-bond donors (Lipinski definition) is 4. The second-order valence-corrected chi connectivity index (χ2v) is 9.87. The van der Waals surface area contributed by atoms with E-state index in [-0.39, 0.29) is 24.6 Å². The second-order valence-electron chi connectivity index (χ2n) is 8.64. The van der Waals surface area contributed by atoms with Gasteiger partial charge in [0.25, 0.3) is 0 Å². The minimum atomic E-state index is -0.870. The van der Waals surface area contributed by atoms with Crippen LogP contribution in [0, 0.1) is 0 Å². The van der Waals surface area contributed by atoms with Gasteiger partial charge in [-0.05, 0) is 36.1 Å². The highest BCUT2D eigenvalue weighted by Gasteiger charge is 2.38. The SMILES string of the molecule is NCCCCC(=O)N[C@@H](CSC(c1ccccc1)(c1ccccc1)c1ccccc1)C(=O)NCC(N)=O. The molecule has 0 saturated carbocycles. The Morgan fingerprint density at radius 1 is 0.784 bits per heavy atom.